The molecule has 0 atom stereocenters. The van der Waals surface area contributed by atoms with E-state index in [1.54, 1.807) is 13.8 Å². The molecular weight excluding hydrogens is 222 g/mol. The van der Waals surface area contributed by atoms with Crippen LogP contribution in [0.5, 0.6) is 5.75 Å². The Kier molecular flexibility index (Phi) is 10.9. The molecule has 0 aliphatic rings. The van der Waals surface area contributed by atoms with Crippen LogP contribution in [0.15, 0.2) is 6.20 Å². The number of aldehydes is 1. The van der Waals surface area contributed by atoms with E-state index >= 15 is 0 Å². The lowest BCUT2D eigenvalue weighted by Crippen LogP contribution is -1.91. The van der Waals surface area contributed by atoms with E-state index in [0.29, 0.717) is 29.6 Å². The van der Waals surface area contributed by atoms with Gasteiger partial charge in [-0.25, -0.2) is 0 Å². The molecule has 0 saturated heterocycles. The number of nitrogens with zero attached hydrogens (tertiary/aromatic N) is 1. The summed E-state index contributed by atoms with van der Waals surface area (Å²) in [4.78, 5) is 23.1. The zero-order valence-electron chi connectivity index (χ0n) is 10.9. The van der Waals surface area contributed by atoms with Gasteiger partial charge in [-0.05, 0) is 13.8 Å². The molecule has 0 saturated carbocycles. The number of methoxy groups -OCH3 is 1. The summed E-state index contributed by atoms with van der Waals surface area (Å²) < 4.78 is 3.86. The largest absolute Gasteiger partial charge is 0.506 e. The first-order valence-corrected chi connectivity index (χ1v) is 5.15. The molecule has 0 unspecified atom stereocenters. The Morgan fingerprint density at radius 1 is 1.29 bits per heavy atom. The summed E-state index contributed by atoms with van der Waals surface area (Å²) >= 11 is 0. The summed E-state index contributed by atoms with van der Waals surface area (Å²) in [6.07, 6.45) is 2.14. The molecule has 0 aliphatic heterocycles. The highest BCUT2D eigenvalue weighted by Crippen LogP contribution is 2.20. The molecular formula is C12H19NO4. The molecule has 0 spiro atoms. The number of aryl methyl sites for hydroxylation is 1. The fraction of sp³-hybridized carbons (Fsp3) is 0.417. The average Bonchev–Trinajstić information content (AvgIpc) is 2.39. The van der Waals surface area contributed by atoms with Crippen molar-refractivity contribution < 1.29 is 19.4 Å². The predicted molar refractivity (Wildman–Crippen MR) is 65.2 cm³/mol. The summed E-state index contributed by atoms with van der Waals surface area (Å²) in [5, 5.41) is 9.30. The Morgan fingerprint density at radius 2 is 1.76 bits per heavy atom. The van der Waals surface area contributed by atoms with E-state index in [1.807, 2.05) is 13.8 Å². The van der Waals surface area contributed by atoms with Gasteiger partial charge in [0.25, 0.3) is 6.47 Å². The van der Waals surface area contributed by atoms with Crippen molar-refractivity contribution in [3.8, 4) is 5.75 Å². The van der Waals surface area contributed by atoms with E-state index in [2.05, 4.69) is 9.72 Å². The fourth-order valence-corrected chi connectivity index (χ4v) is 0.851. The van der Waals surface area contributed by atoms with Crippen LogP contribution in [-0.2, 0) is 9.53 Å². The zero-order chi connectivity index (χ0) is 13.8. The van der Waals surface area contributed by atoms with Crippen molar-refractivity contribution >= 4 is 12.8 Å². The minimum Gasteiger partial charge on any atom is -0.506 e. The number of rotatable bonds is 2. The van der Waals surface area contributed by atoms with Crippen LogP contribution in [0, 0.1) is 13.8 Å². The monoisotopic (exact) mass is 241 g/mol. The van der Waals surface area contributed by atoms with Crippen molar-refractivity contribution in [1.82, 2.24) is 4.98 Å². The van der Waals surface area contributed by atoms with Gasteiger partial charge in [0.05, 0.1) is 12.8 Å². The van der Waals surface area contributed by atoms with Crippen LogP contribution >= 0.6 is 0 Å². The molecule has 1 N–H and O–H groups in total. The van der Waals surface area contributed by atoms with E-state index < -0.39 is 0 Å². The Hall–Kier alpha value is -1.91. The van der Waals surface area contributed by atoms with Crippen LogP contribution < -0.4 is 0 Å². The van der Waals surface area contributed by atoms with Gasteiger partial charge in [-0.2, -0.15) is 0 Å². The lowest BCUT2D eigenvalue weighted by molar-refractivity contribution is -0.126. The number of aromatic nitrogens is 1. The minimum atomic E-state index is 0.106. The van der Waals surface area contributed by atoms with Crippen molar-refractivity contribution in [2.45, 2.75) is 27.7 Å². The minimum absolute atomic E-state index is 0.106. The second-order valence-electron chi connectivity index (χ2n) is 2.72. The molecule has 0 aromatic carbocycles. The Bertz CT molecular complexity index is 351. The molecule has 96 valence electrons. The van der Waals surface area contributed by atoms with Gasteiger partial charge >= 0.3 is 0 Å². The van der Waals surface area contributed by atoms with Crippen molar-refractivity contribution in [3.63, 3.8) is 0 Å². The smallest absolute Gasteiger partial charge is 0.292 e. The molecule has 0 aliphatic carbocycles. The van der Waals surface area contributed by atoms with Gasteiger partial charge in [0.15, 0.2) is 6.29 Å². The molecule has 0 amide bonds. The molecule has 5 nitrogen and oxygen atoms in total. The topological polar surface area (TPSA) is 76.5 Å². The number of hydrogen-bond acceptors (Lipinski definition) is 5. The second-order valence-corrected chi connectivity index (χ2v) is 2.72. The van der Waals surface area contributed by atoms with Gasteiger partial charge in [-0.3, -0.25) is 14.6 Å². The van der Waals surface area contributed by atoms with Gasteiger partial charge < -0.3 is 9.84 Å². The Labute approximate surface area is 101 Å². The molecule has 1 aromatic heterocycles. The van der Waals surface area contributed by atoms with Crippen molar-refractivity contribution in [2.24, 2.45) is 0 Å². The van der Waals surface area contributed by atoms with E-state index in [4.69, 9.17) is 4.79 Å². The van der Waals surface area contributed by atoms with E-state index in [0.717, 1.165) is 0 Å². The van der Waals surface area contributed by atoms with E-state index in [1.165, 1.54) is 13.3 Å². The normalized spacial score (nSPS) is 7.82. The standard InChI is InChI=1S/C8H9NO2.C2H4O2.C2H6/c1-5-7(4-10)3-9-6(2)8(5)11;1-4-2-3;1-2/h3-4,11H,1-2H3;2H,1H3;1-2H3. The maximum Gasteiger partial charge on any atom is 0.292 e. The summed E-state index contributed by atoms with van der Waals surface area (Å²) in [5.41, 5.74) is 1.58. The summed E-state index contributed by atoms with van der Waals surface area (Å²) in [6.45, 7) is 7.75. The summed E-state index contributed by atoms with van der Waals surface area (Å²) in [5.74, 6) is 0.106. The van der Waals surface area contributed by atoms with Gasteiger partial charge in [0.2, 0.25) is 0 Å². The number of carbonyl (C=O) groups is 2. The van der Waals surface area contributed by atoms with Crippen LogP contribution in [-0.4, -0.2) is 30.0 Å². The Balaban J connectivity index is 0. The lowest BCUT2D eigenvalue weighted by atomic mass is 10.1. The van der Waals surface area contributed by atoms with Gasteiger partial charge in [-0.1, -0.05) is 13.8 Å². The third-order valence-corrected chi connectivity index (χ3v) is 1.75. The SMILES string of the molecule is CC.COC=O.Cc1ncc(C=O)c(C)c1O. The summed E-state index contributed by atoms with van der Waals surface area (Å²) in [6, 6.07) is 0. The number of ether oxygens (including phenoxy) is 1. The first-order valence-electron chi connectivity index (χ1n) is 5.15. The van der Waals surface area contributed by atoms with Crippen LogP contribution in [0.4, 0.5) is 0 Å². The third kappa shape index (κ3) is 6.29. The van der Waals surface area contributed by atoms with Crippen LogP contribution in [0.3, 0.4) is 0 Å². The molecule has 5 heteroatoms. The molecule has 1 rings (SSSR count). The molecule has 1 heterocycles. The number of hydrogen-bond donors (Lipinski definition) is 1. The van der Waals surface area contributed by atoms with E-state index in [-0.39, 0.29) is 5.75 Å². The average molecular weight is 241 g/mol. The van der Waals surface area contributed by atoms with Gasteiger partial charge in [0, 0.05) is 17.3 Å². The summed E-state index contributed by atoms with van der Waals surface area (Å²) in [7, 11) is 1.31. The zero-order valence-corrected chi connectivity index (χ0v) is 10.9. The molecule has 0 bridgehead atoms. The van der Waals surface area contributed by atoms with Crippen molar-refractivity contribution in [1.29, 1.82) is 0 Å². The number of aromatic hydroxyl groups is 1. The number of pyridine rings is 1. The van der Waals surface area contributed by atoms with Crippen LogP contribution in [0.25, 0.3) is 0 Å². The second kappa shape index (κ2) is 10.6. The third-order valence-electron chi connectivity index (χ3n) is 1.75. The highest BCUT2D eigenvalue weighted by atomic mass is 16.5. The molecule has 0 radical (unpaired) electrons. The first kappa shape index (κ1) is 17.5. The number of carbonyl (C=O) groups excluding carboxylic acids is 2. The lowest BCUT2D eigenvalue weighted by Gasteiger charge is -2.02. The maximum atomic E-state index is 10.3. The van der Waals surface area contributed by atoms with Crippen LogP contribution in [0.1, 0.15) is 35.5 Å². The molecule has 1 aromatic rings. The molecule has 17 heavy (non-hydrogen) atoms. The van der Waals surface area contributed by atoms with Gasteiger partial charge in [0.1, 0.15) is 5.75 Å². The highest BCUT2D eigenvalue weighted by Gasteiger charge is 2.05. The predicted octanol–water partition coefficient (Wildman–Crippen LogP) is 2.03. The van der Waals surface area contributed by atoms with Crippen LogP contribution in [0.2, 0.25) is 0 Å². The Morgan fingerprint density at radius 3 is 2.12 bits per heavy atom. The molecule has 0 fully saturated rings. The first-order chi connectivity index (χ1) is 8.08. The van der Waals surface area contributed by atoms with Crippen molar-refractivity contribution in [3.05, 3.63) is 23.0 Å². The van der Waals surface area contributed by atoms with Crippen molar-refractivity contribution in [2.75, 3.05) is 7.11 Å². The highest BCUT2D eigenvalue weighted by molar-refractivity contribution is 5.77. The maximum absolute atomic E-state index is 10.3. The van der Waals surface area contributed by atoms with Gasteiger partial charge in [-0.15, -0.1) is 0 Å². The quantitative estimate of drug-likeness (QED) is 0.802. The fourth-order valence-electron chi connectivity index (χ4n) is 0.851. The van der Waals surface area contributed by atoms with E-state index in [9.17, 15) is 9.90 Å².